The third kappa shape index (κ3) is 6.71. The minimum absolute atomic E-state index is 0.252. The zero-order valence-corrected chi connectivity index (χ0v) is 14.7. The quantitative estimate of drug-likeness (QED) is 0.617. The predicted molar refractivity (Wildman–Crippen MR) is 91.5 cm³/mol. The van der Waals surface area contributed by atoms with Gasteiger partial charge in [-0.15, -0.1) is 11.8 Å². The van der Waals surface area contributed by atoms with Crippen LogP contribution < -0.4 is 0 Å². The summed E-state index contributed by atoms with van der Waals surface area (Å²) in [5.41, 5.74) is 0. The molecule has 2 fully saturated rings. The Kier molecular flexibility index (Phi) is 8.23. The Bertz CT molecular complexity index is 385. The van der Waals surface area contributed by atoms with Gasteiger partial charge in [-0.3, -0.25) is 9.59 Å². The molecule has 1 N–H and O–H groups in total. The molecule has 0 aromatic carbocycles. The molecule has 2 atom stereocenters. The van der Waals surface area contributed by atoms with E-state index >= 15 is 0 Å². The molecule has 0 aromatic heterocycles. The van der Waals surface area contributed by atoms with E-state index < -0.39 is 5.97 Å². The molecule has 0 spiro atoms. The molecule has 5 nitrogen and oxygen atoms in total. The first-order chi connectivity index (χ1) is 11.2. The molecule has 23 heavy (non-hydrogen) atoms. The fourth-order valence-electron chi connectivity index (χ4n) is 3.28. The molecule has 2 unspecified atom stereocenters. The molecule has 2 aliphatic rings. The van der Waals surface area contributed by atoms with Crippen LogP contribution in [0.1, 0.15) is 64.2 Å². The van der Waals surface area contributed by atoms with Crippen LogP contribution in [-0.4, -0.2) is 52.3 Å². The summed E-state index contributed by atoms with van der Waals surface area (Å²) < 4.78 is 5.78. The number of rotatable bonds is 10. The second-order valence-electron chi connectivity index (χ2n) is 6.48. The molecule has 0 aromatic rings. The van der Waals surface area contributed by atoms with E-state index in [4.69, 9.17) is 9.84 Å². The number of carboxylic acid groups (broad SMARTS) is 1. The molecule has 6 heteroatoms. The molecule has 132 valence electrons. The SMILES string of the molecule is O=C(O)CCCCCCN1C(=O)CSC1CCC1CCCCO1. The van der Waals surface area contributed by atoms with Gasteiger partial charge >= 0.3 is 5.97 Å². The van der Waals surface area contributed by atoms with Crippen LogP contribution in [0.5, 0.6) is 0 Å². The van der Waals surface area contributed by atoms with E-state index in [2.05, 4.69) is 0 Å². The van der Waals surface area contributed by atoms with Crippen molar-refractivity contribution in [2.24, 2.45) is 0 Å². The Hall–Kier alpha value is -0.750. The van der Waals surface area contributed by atoms with Crippen molar-refractivity contribution in [1.29, 1.82) is 0 Å². The fraction of sp³-hybridized carbons (Fsp3) is 0.882. The molecule has 2 heterocycles. The lowest BCUT2D eigenvalue weighted by Gasteiger charge is -2.27. The van der Waals surface area contributed by atoms with Crippen LogP contribution >= 0.6 is 11.8 Å². The van der Waals surface area contributed by atoms with Gasteiger partial charge in [0.1, 0.15) is 0 Å². The Balaban J connectivity index is 1.62. The van der Waals surface area contributed by atoms with Crippen LogP contribution in [0.15, 0.2) is 0 Å². The predicted octanol–water partition coefficient (Wildman–Crippen LogP) is 3.27. The average Bonchev–Trinajstić information content (AvgIpc) is 2.90. The summed E-state index contributed by atoms with van der Waals surface area (Å²) in [7, 11) is 0. The Morgan fingerprint density at radius 3 is 2.78 bits per heavy atom. The molecule has 2 aliphatic heterocycles. The number of hydrogen-bond acceptors (Lipinski definition) is 4. The number of aliphatic carboxylic acids is 1. The monoisotopic (exact) mass is 343 g/mol. The summed E-state index contributed by atoms with van der Waals surface area (Å²) in [6, 6.07) is 0. The smallest absolute Gasteiger partial charge is 0.303 e. The Morgan fingerprint density at radius 1 is 1.22 bits per heavy atom. The van der Waals surface area contributed by atoms with Gasteiger partial charge < -0.3 is 14.7 Å². The highest BCUT2D eigenvalue weighted by Gasteiger charge is 2.31. The summed E-state index contributed by atoms with van der Waals surface area (Å²) >= 11 is 1.76. The second-order valence-corrected chi connectivity index (χ2v) is 7.64. The maximum atomic E-state index is 12.0. The zero-order valence-electron chi connectivity index (χ0n) is 13.9. The van der Waals surface area contributed by atoms with Crippen molar-refractivity contribution in [3.05, 3.63) is 0 Å². The summed E-state index contributed by atoms with van der Waals surface area (Å²) in [5, 5.41) is 8.92. The van der Waals surface area contributed by atoms with Gasteiger partial charge in [-0.1, -0.05) is 12.8 Å². The van der Waals surface area contributed by atoms with E-state index in [1.54, 1.807) is 11.8 Å². The number of hydrogen-bond donors (Lipinski definition) is 1. The number of nitrogens with zero attached hydrogens (tertiary/aromatic N) is 1. The largest absolute Gasteiger partial charge is 0.481 e. The number of carbonyl (C=O) groups is 2. The molecule has 0 radical (unpaired) electrons. The van der Waals surface area contributed by atoms with Gasteiger partial charge in [0.2, 0.25) is 5.91 Å². The van der Waals surface area contributed by atoms with Crippen molar-refractivity contribution in [3.8, 4) is 0 Å². The van der Waals surface area contributed by atoms with E-state index in [-0.39, 0.29) is 12.3 Å². The number of carbonyl (C=O) groups excluding carboxylic acids is 1. The highest BCUT2D eigenvalue weighted by molar-refractivity contribution is 8.00. The number of ether oxygens (including phenoxy) is 1. The first kappa shape index (κ1) is 18.6. The van der Waals surface area contributed by atoms with Crippen LogP contribution in [-0.2, 0) is 14.3 Å². The highest BCUT2D eigenvalue weighted by atomic mass is 32.2. The van der Waals surface area contributed by atoms with Crippen molar-refractivity contribution in [1.82, 2.24) is 4.90 Å². The standard InChI is InChI=1S/C17H29NO4S/c19-15-13-23-16(10-9-14-7-4-6-12-22-14)18(15)11-5-2-1-3-8-17(20)21/h14,16H,1-13H2,(H,20,21). The van der Waals surface area contributed by atoms with E-state index in [1.165, 1.54) is 12.8 Å². The van der Waals surface area contributed by atoms with E-state index in [0.29, 0.717) is 17.2 Å². The molecule has 2 rings (SSSR count). The zero-order chi connectivity index (χ0) is 16.5. The summed E-state index contributed by atoms with van der Waals surface area (Å²) in [6.45, 7) is 1.70. The minimum atomic E-state index is -0.721. The topological polar surface area (TPSA) is 66.8 Å². The van der Waals surface area contributed by atoms with Gasteiger partial charge in [0, 0.05) is 19.6 Å². The molecule has 0 saturated carbocycles. The minimum Gasteiger partial charge on any atom is -0.481 e. The molecule has 0 aliphatic carbocycles. The third-order valence-corrected chi connectivity index (χ3v) is 5.90. The van der Waals surface area contributed by atoms with Crippen LogP contribution in [0.2, 0.25) is 0 Å². The van der Waals surface area contributed by atoms with Gasteiger partial charge in [0.25, 0.3) is 0 Å². The summed E-state index contributed by atoms with van der Waals surface area (Å²) in [4.78, 5) is 24.5. The van der Waals surface area contributed by atoms with Crippen molar-refractivity contribution in [2.75, 3.05) is 18.9 Å². The van der Waals surface area contributed by atoms with E-state index in [0.717, 1.165) is 58.1 Å². The van der Waals surface area contributed by atoms with Gasteiger partial charge in [0.05, 0.1) is 17.2 Å². The van der Waals surface area contributed by atoms with Gasteiger partial charge in [-0.25, -0.2) is 0 Å². The summed E-state index contributed by atoms with van der Waals surface area (Å²) in [6.07, 6.45) is 9.98. The van der Waals surface area contributed by atoms with Crippen molar-refractivity contribution in [2.45, 2.75) is 75.7 Å². The first-order valence-corrected chi connectivity index (χ1v) is 9.96. The molecule has 0 bridgehead atoms. The Morgan fingerprint density at radius 2 is 2.04 bits per heavy atom. The lowest BCUT2D eigenvalue weighted by atomic mass is 10.0. The van der Waals surface area contributed by atoms with Crippen LogP contribution in [0.4, 0.5) is 0 Å². The maximum absolute atomic E-state index is 12.0. The van der Waals surface area contributed by atoms with Crippen molar-refractivity contribution < 1.29 is 19.4 Å². The van der Waals surface area contributed by atoms with Crippen LogP contribution in [0.3, 0.4) is 0 Å². The molecular formula is C17H29NO4S. The second kappa shape index (κ2) is 10.2. The molecule has 2 saturated heterocycles. The highest BCUT2D eigenvalue weighted by Crippen LogP contribution is 2.30. The average molecular weight is 343 g/mol. The van der Waals surface area contributed by atoms with Gasteiger partial charge in [0.15, 0.2) is 0 Å². The number of amides is 1. The number of carboxylic acids is 1. The lowest BCUT2D eigenvalue weighted by Crippen LogP contribution is -2.34. The van der Waals surface area contributed by atoms with Gasteiger partial charge in [-0.2, -0.15) is 0 Å². The van der Waals surface area contributed by atoms with Crippen molar-refractivity contribution in [3.63, 3.8) is 0 Å². The van der Waals surface area contributed by atoms with Crippen LogP contribution in [0.25, 0.3) is 0 Å². The lowest BCUT2D eigenvalue weighted by molar-refractivity contribution is -0.137. The number of unbranched alkanes of at least 4 members (excludes halogenated alkanes) is 3. The first-order valence-electron chi connectivity index (χ1n) is 8.91. The third-order valence-electron chi connectivity index (χ3n) is 4.62. The maximum Gasteiger partial charge on any atom is 0.303 e. The van der Waals surface area contributed by atoms with E-state index in [9.17, 15) is 9.59 Å². The normalized spacial score (nSPS) is 25.0. The Labute approximate surface area is 143 Å². The van der Waals surface area contributed by atoms with Gasteiger partial charge in [-0.05, 0) is 44.9 Å². The van der Waals surface area contributed by atoms with Crippen LogP contribution in [0, 0.1) is 0 Å². The molecule has 1 amide bonds. The fourth-order valence-corrected chi connectivity index (χ4v) is 4.49. The van der Waals surface area contributed by atoms with E-state index in [1.807, 2.05) is 4.90 Å². The summed E-state index contributed by atoms with van der Waals surface area (Å²) in [5.74, 6) is 0.145. The number of thioether (sulfide) groups is 1. The molecular weight excluding hydrogens is 314 g/mol. The van der Waals surface area contributed by atoms with Crippen molar-refractivity contribution >= 4 is 23.6 Å².